The standard InChI is InChI=1S/C18H19N3O3/c22-17(16-11-15(20-24-16)12-5-2-1-3-6-12)19-14-9-13(10-14)18(23)21-7-4-8-21/h1-3,5-6,11,13-14H,4,7-10H2,(H,19,22). The van der Waals surface area contributed by atoms with Crippen LogP contribution in [0.3, 0.4) is 0 Å². The molecular weight excluding hydrogens is 306 g/mol. The first kappa shape index (κ1) is 14.9. The van der Waals surface area contributed by atoms with E-state index in [0.29, 0.717) is 18.5 Å². The Morgan fingerprint density at radius 3 is 2.58 bits per heavy atom. The van der Waals surface area contributed by atoms with E-state index >= 15 is 0 Å². The molecule has 6 nitrogen and oxygen atoms in total. The molecule has 1 aromatic carbocycles. The Hall–Kier alpha value is -2.63. The predicted molar refractivity (Wildman–Crippen MR) is 87.1 cm³/mol. The van der Waals surface area contributed by atoms with Crippen molar-refractivity contribution in [2.24, 2.45) is 5.92 Å². The van der Waals surface area contributed by atoms with E-state index < -0.39 is 0 Å². The summed E-state index contributed by atoms with van der Waals surface area (Å²) < 4.78 is 5.15. The summed E-state index contributed by atoms with van der Waals surface area (Å²) in [7, 11) is 0. The number of carbonyl (C=O) groups excluding carboxylic acids is 2. The molecule has 0 unspecified atom stereocenters. The zero-order valence-electron chi connectivity index (χ0n) is 13.3. The number of amides is 2. The van der Waals surface area contributed by atoms with Crippen molar-refractivity contribution in [3.8, 4) is 11.3 Å². The van der Waals surface area contributed by atoms with Crippen molar-refractivity contribution in [3.05, 3.63) is 42.2 Å². The Kier molecular flexibility index (Phi) is 3.80. The van der Waals surface area contributed by atoms with Gasteiger partial charge in [-0.1, -0.05) is 35.5 Å². The van der Waals surface area contributed by atoms with Crippen LogP contribution >= 0.6 is 0 Å². The summed E-state index contributed by atoms with van der Waals surface area (Å²) >= 11 is 0. The molecule has 1 aliphatic carbocycles. The van der Waals surface area contributed by atoms with Gasteiger partial charge in [0.25, 0.3) is 5.91 Å². The average Bonchev–Trinajstić information content (AvgIpc) is 2.99. The van der Waals surface area contributed by atoms with E-state index in [1.54, 1.807) is 6.07 Å². The maximum absolute atomic E-state index is 12.2. The van der Waals surface area contributed by atoms with Gasteiger partial charge >= 0.3 is 0 Å². The molecule has 1 aliphatic heterocycles. The molecule has 2 aromatic rings. The maximum Gasteiger partial charge on any atom is 0.290 e. The van der Waals surface area contributed by atoms with E-state index in [0.717, 1.165) is 25.1 Å². The third-order valence-corrected chi connectivity index (χ3v) is 4.79. The number of hydrogen-bond acceptors (Lipinski definition) is 4. The Morgan fingerprint density at radius 1 is 1.17 bits per heavy atom. The lowest BCUT2D eigenvalue weighted by Crippen LogP contribution is -2.53. The highest BCUT2D eigenvalue weighted by Gasteiger charge is 2.39. The summed E-state index contributed by atoms with van der Waals surface area (Å²) in [6.07, 6.45) is 2.52. The van der Waals surface area contributed by atoms with Gasteiger partial charge in [0.05, 0.1) is 0 Å². The van der Waals surface area contributed by atoms with Gasteiger partial charge in [-0.3, -0.25) is 9.59 Å². The van der Waals surface area contributed by atoms with E-state index in [-0.39, 0.29) is 29.5 Å². The summed E-state index contributed by atoms with van der Waals surface area (Å²) in [4.78, 5) is 26.2. The van der Waals surface area contributed by atoms with Crippen molar-refractivity contribution < 1.29 is 14.1 Å². The molecule has 6 heteroatoms. The molecule has 0 spiro atoms. The monoisotopic (exact) mass is 325 g/mol. The number of nitrogens with zero attached hydrogens (tertiary/aromatic N) is 2. The fraction of sp³-hybridized carbons (Fsp3) is 0.389. The van der Waals surface area contributed by atoms with Crippen molar-refractivity contribution in [2.75, 3.05) is 13.1 Å². The molecule has 0 atom stereocenters. The van der Waals surface area contributed by atoms with Gasteiger partial charge in [-0.25, -0.2) is 0 Å². The first-order valence-electron chi connectivity index (χ1n) is 8.32. The highest BCUT2D eigenvalue weighted by Crippen LogP contribution is 2.31. The molecule has 2 heterocycles. The molecule has 1 saturated heterocycles. The lowest BCUT2D eigenvalue weighted by atomic mass is 9.78. The van der Waals surface area contributed by atoms with Crippen LogP contribution < -0.4 is 5.32 Å². The van der Waals surface area contributed by atoms with Gasteiger partial charge < -0.3 is 14.7 Å². The Bertz CT molecular complexity index is 746. The Morgan fingerprint density at radius 2 is 1.92 bits per heavy atom. The van der Waals surface area contributed by atoms with Crippen LogP contribution in [0.15, 0.2) is 40.9 Å². The molecular formula is C18H19N3O3. The zero-order chi connectivity index (χ0) is 16.5. The van der Waals surface area contributed by atoms with E-state index in [1.165, 1.54) is 0 Å². The second-order valence-corrected chi connectivity index (χ2v) is 6.46. The summed E-state index contributed by atoms with van der Waals surface area (Å²) in [5.41, 5.74) is 1.55. The van der Waals surface area contributed by atoms with Gasteiger partial charge in [-0.05, 0) is 19.3 Å². The van der Waals surface area contributed by atoms with Crippen LogP contribution in [0.1, 0.15) is 29.8 Å². The fourth-order valence-electron chi connectivity index (χ4n) is 3.12. The number of aromatic nitrogens is 1. The van der Waals surface area contributed by atoms with E-state index in [2.05, 4.69) is 10.5 Å². The van der Waals surface area contributed by atoms with Gasteiger partial charge in [0, 0.05) is 36.7 Å². The summed E-state index contributed by atoms with van der Waals surface area (Å²) in [5, 5.41) is 6.86. The first-order chi connectivity index (χ1) is 11.7. The SMILES string of the molecule is O=C(NC1CC(C(=O)N2CCC2)C1)c1cc(-c2ccccc2)no1. The van der Waals surface area contributed by atoms with Crippen LogP contribution in [0.25, 0.3) is 11.3 Å². The molecule has 1 aromatic heterocycles. The van der Waals surface area contributed by atoms with Crippen molar-refractivity contribution in [1.29, 1.82) is 0 Å². The number of likely N-dealkylation sites (tertiary alicyclic amines) is 1. The van der Waals surface area contributed by atoms with Crippen LogP contribution in [0.5, 0.6) is 0 Å². The van der Waals surface area contributed by atoms with Crippen LogP contribution in [0.4, 0.5) is 0 Å². The molecule has 2 amide bonds. The second-order valence-electron chi connectivity index (χ2n) is 6.46. The predicted octanol–water partition coefficient (Wildman–Crippen LogP) is 2.08. The van der Waals surface area contributed by atoms with Gasteiger partial charge in [-0.2, -0.15) is 0 Å². The number of hydrogen-bond donors (Lipinski definition) is 1. The molecule has 1 saturated carbocycles. The number of benzene rings is 1. The normalized spacial score (nSPS) is 22.4. The van der Waals surface area contributed by atoms with Crippen LogP contribution in [-0.4, -0.2) is 41.0 Å². The molecule has 124 valence electrons. The minimum atomic E-state index is -0.274. The van der Waals surface area contributed by atoms with E-state index in [4.69, 9.17) is 4.52 Å². The third kappa shape index (κ3) is 2.79. The lowest BCUT2D eigenvalue weighted by Gasteiger charge is -2.40. The van der Waals surface area contributed by atoms with Crippen molar-refractivity contribution in [1.82, 2.24) is 15.4 Å². The van der Waals surface area contributed by atoms with Crippen LogP contribution in [0, 0.1) is 5.92 Å². The largest absolute Gasteiger partial charge is 0.350 e. The van der Waals surface area contributed by atoms with Crippen molar-refractivity contribution in [3.63, 3.8) is 0 Å². The van der Waals surface area contributed by atoms with Crippen LogP contribution in [0.2, 0.25) is 0 Å². The van der Waals surface area contributed by atoms with E-state index in [1.807, 2.05) is 35.2 Å². The van der Waals surface area contributed by atoms with Gasteiger partial charge in [0.15, 0.2) is 0 Å². The minimum Gasteiger partial charge on any atom is -0.350 e. The first-order valence-corrected chi connectivity index (χ1v) is 8.32. The summed E-state index contributed by atoms with van der Waals surface area (Å²) in [6, 6.07) is 11.3. The Balaban J connectivity index is 1.31. The molecule has 24 heavy (non-hydrogen) atoms. The minimum absolute atomic E-state index is 0.0398. The van der Waals surface area contributed by atoms with Gasteiger partial charge in [-0.15, -0.1) is 0 Å². The molecule has 2 fully saturated rings. The maximum atomic E-state index is 12.2. The quantitative estimate of drug-likeness (QED) is 0.934. The lowest BCUT2D eigenvalue weighted by molar-refractivity contribution is -0.142. The highest BCUT2D eigenvalue weighted by atomic mass is 16.5. The molecule has 0 radical (unpaired) electrons. The molecule has 2 aliphatic rings. The smallest absolute Gasteiger partial charge is 0.290 e. The Labute approximate surface area is 139 Å². The van der Waals surface area contributed by atoms with Gasteiger partial charge in [0.1, 0.15) is 5.69 Å². The topological polar surface area (TPSA) is 75.4 Å². The molecule has 1 N–H and O–H groups in total. The average molecular weight is 325 g/mol. The van der Waals surface area contributed by atoms with Gasteiger partial charge in [0.2, 0.25) is 11.7 Å². The summed E-state index contributed by atoms with van der Waals surface area (Å²) in [6.45, 7) is 1.76. The fourth-order valence-corrected chi connectivity index (χ4v) is 3.12. The van der Waals surface area contributed by atoms with Crippen molar-refractivity contribution >= 4 is 11.8 Å². The number of rotatable bonds is 4. The van der Waals surface area contributed by atoms with E-state index in [9.17, 15) is 9.59 Å². The number of nitrogens with one attached hydrogen (secondary N) is 1. The highest BCUT2D eigenvalue weighted by molar-refractivity contribution is 5.93. The third-order valence-electron chi connectivity index (χ3n) is 4.79. The number of carbonyl (C=O) groups is 2. The van der Waals surface area contributed by atoms with Crippen molar-refractivity contribution in [2.45, 2.75) is 25.3 Å². The molecule has 0 bridgehead atoms. The zero-order valence-corrected chi connectivity index (χ0v) is 13.3. The molecule has 4 rings (SSSR count). The summed E-state index contributed by atoms with van der Waals surface area (Å²) in [5.74, 6) is 0.221. The second kappa shape index (κ2) is 6.11. The van der Waals surface area contributed by atoms with Crippen LogP contribution in [-0.2, 0) is 4.79 Å².